The standard InChI is InChI=1S/C9H15OP/c1-8-6-4-5-7-9(8)11(2,3)10/h4-5,7-8H,6H2,1-3H3. The maximum absolute atomic E-state index is 11.7. The zero-order valence-electron chi connectivity index (χ0n) is 7.37. The SMILES string of the molecule is CC1CC=CC=C1P(C)(C)=O. The van der Waals surface area contributed by atoms with E-state index in [4.69, 9.17) is 0 Å². The highest BCUT2D eigenvalue weighted by Gasteiger charge is 2.20. The Bertz CT molecular complexity index is 244. The van der Waals surface area contributed by atoms with Crippen molar-refractivity contribution in [2.75, 3.05) is 13.3 Å². The summed E-state index contributed by atoms with van der Waals surface area (Å²) in [7, 11) is -1.99. The quantitative estimate of drug-likeness (QED) is 0.552. The average molecular weight is 170 g/mol. The smallest absolute Gasteiger partial charge is 0.106 e. The van der Waals surface area contributed by atoms with Crippen LogP contribution < -0.4 is 0 Å². The van der Waals surface area contributed by atoms with E-state index in [9.17, 15) is 4.57 Å². The third kappa shape index (κ3) is 2.07. The van der Waals surface area contributed by atoms with Gasteiger partial charge in [0.05, 0.1) is 0 Å². The van der Waals surface area contributed by atoms with Crippen molar-refractivity contribution in [3.63, 3.8) is 0 Å². The molecule has 0 bridgehead atoms. The lowest BCUT2D eigenvalue weighted by Crippen LogP contribution is -2.01. The molecule has 0 saturated heterocycles. The molecule has 2 heteroatoms. The predicted octanol–water partition coefficient (Wildman–Crippen LogP) is 3.09. The summed E-state index contributed by atoms with van der Waals surface area (Å²) >= 11 is 0. The molecule has 62 valence electrons. The molecule has 1 aliphatic carbocycles. The zero-order chi connectivity index (χ0) is 8.48. The molecular weight excluding hydrogens is 155 g/mol. The summed E-state index contributed by atoms with van der Waals surface area (Å²) in [6, 6.07) is 0. The van der Waals surface area contributed by atoms with Crippen LogP contribution in [0, 0.1) is 5.92 Å². The largest absolute Gasteiger partial charge is 0.320 e. The zero-order valence-corrected chi connectivity index (χ0v) is 8.27. The Kier molecular flexibility index (Phi) is 2.39. The van der Waals surface area contributed by atoms with Crippen LogP contribution >= 0.6 is 7.14 Å². The molecular formula is C9H15OP. The van der Waals surface area contributed by atoms with Gasteiger partial charge in [0, 0.05) is 0 Å². The third-order valence-electron chi connectivity index (χ3n) is 2.02. The van der Waals surface area contributed by atoms with Crippen molar-refractivity contribution in [3.8, 4) is 0 Å². The minimum Gasteiger partial charge on any atom is -0.320 e. The van der Waals surface area contributed by atoms with Crippen molar-refractivity contribution < 1.29 is 4.57 Å². The first-order valence-electron chi connectivity index (χ1n) is 3.94. The lowest BCUT2D eigenvalue weighted by molar-refractivity contribution is 0.579. The first kappa shape index (κ1) is 8.80. The Morgan fingerprint density at radius 3 is 2.55 bits per heavy atom. The summed E-state index contributed by atoms with van der Waals surface area (Å²) in [6.07, 6.45) is 7.19. The van der Waals surface area contributed by atoms with Crippen LogP contribution in [0.25, 0.3) is 0 Å². The molecule has 0 N–H and O–H groups in total. The Labute approximate surface area is 68.6 Å². The lowest BCUT2D eigenvalue weighted by Gasteiger charge is -2.20. The van der Waals surface area contributed by atoms with E-state index in [0.717, 1.165) is 11.7 Å². The summed E-state index contributed by atoms with van der Waals surface area (Å²) in [5.41, 5.74) is 0. The number of hydrogen-bond acceptors (Lipinski definition) is 1. The van der Waals surface area contributed by atoms with Gasteiger partial charge in [0.25, 0.3) is 0 Å². The fraction of sp³-hybridized carbons (Fsp3) is 0.556. The van der Waals surface area contributed by atoms with Gasteiger partial charge in [-0.1, -0.05) is 25.2 Å². The van der Waals surface area contributed by atoms with Gasteiger partial charge in [-0.25, -0.2) is 0 Å². The highest BCUT2D eigenvalue weighted by atomic mass is 31.2. The van der Waals surface area contributed by atoms with Gasteiger partial charge in [0.15, 0.2) is 0 Å². The highest BCUT2D eigenvalue weighted by Crippen LogP contribution is 2.51. The van der Waals surface area contributed by atoms with Crippen molar-refractivity contribution in [3.05, 3.63) is 23.5 Å². The molecule has 1 rings (SSSR count). The Morgan fingerprint density at radius 1 is 1.55 bits per heavy atom. The second-order valence-corrected chi connectivity index (χ2v) is 6.73. The normalized spacial score (nSPS) is 25.0. The summed E-state index contributed by atoms with van der Waals surface area (Å²) in [5.74, 6) is 0.473. The van der Waals surface area contributed by atoms with Crippen LogP contribution in [0.15, 0.2) is 23.5 Å². The van der Waals surface area contributed by atoms with Crippen molar-refractivity contribution in [2.24, 2.45) is 5.92 Å². The first-order chi connectivity index (χ1) is 5.02. The second-order valence-electron chi connectivity index (χ2n) is 3.51. The fourth-order valence-electron chi connectivity index (χ4n) is 1.44. The van der Waals surface area contributed by atoms with Crippen LogP contribution in [0.4, 0.5) is 0 Å². The predicted molar refractivity (Wildman–Crippen MR) is 50.5 cm³/mol. The minimum absolute atomic E-state index is 0.473. The average Bonchev–Trinajstić information content (AvgIpc) is 1.86. The minimum atomic E-state index is -1.99. The van der Waals surface area contributed by atoms with Crippen molar-refractivity contribution >= 4 is 7.14 Å². The number of rotatable bonds is 1. The fourth-order valence-corrected chi connectivity index (χ4v) is 3.06. The second kappa shape index (κ2) is 2.98. The van der Waals surface area contributed by atoms with Gasteiger partial charge < -0.3 is 4.57 Å². The topological polar surface area (TPSA) is 17.1 Å². The maximum Gasteiger partial charge on any atom is 0.106 e. The summed E-state index contributed by atoms with van der Waals surface area (Å²) in [5, 5.41) is 1.14. The van der Waals surface area contributed by atoms with Gasteiger partial charge in [0.1, 0.15) is 7.14 Å². The van der Waals surface area contributed by atoms with Gasteiger partial charge >= 0.3 is 0 Å². The molecule has 0 aliphatic heterocycles. The van der Waals surface area contributed by atoms with Gasteiger partial charge in [0.2, 0.25) is 0 Å². The highest BCUT2D eigenvalue weighted by molar-refractivity contribution is 7.66. The molecule has 1 unspecified atom stereocenters. The molecule has 1 aliphatic rings. The third-order valence-corrected chi connectivity index (χ3v) is 3.85. The van der Waals surface area contributed by atoms with Crippen LogP contribution in [-0.2, 0) is 4.57 Å². The lowest BCUT2D eigenvalue weighted by atomic mass is 10.0. The van der Waals surface area contributed by atoms with Crippen LogP contribution in [0.2, 0.25) is 0 Å². The van der Waals surface area contributed by atoms with Crippen LogP contribution in [0.3, 0.4) is 0 Å². The summed E-state index contributed by atoms with van der Waals surface area (Å²) in [6.45, 7) is 5.82. The van der Waals surface area contributed by atoms with E-state index in [-0.39, 0.29) is 0 Å². The monoisotopic (exact) mass is 170 g/mol. The first-order valence-corrected chi connectivity index (χ1v) is 6.54. The molecule has 0 spiro atoms. The van der Waals surface area contributed by atoms with Gasteiger partial charge in [-0.05, 0) is 31.0 Å². The van der Waals surface area contributed by atoms with E-state index in [1.54, 1.807) is 0 Å². The molecule has 0 aromatic rings. The van der Waals surface area contributed by atoms with Crippen molar-refractivity contribution in [1.82, 2.24) is 0 Å². The molecule has 0 aromatic carbocycles. The number of allylic oxidation sites excluding steroid dienone is 4. The Balaban J connectivity index is 2.94. The Hall–Kier alpha value is -0.290. The van der Waals surface area contributed by atoms with Gasteiger partial charge in [-0.15, -0.1) is 0 Å². The van der Waals surface area contributed by atoms with Crippen LogP contribution in [-0.4, -0.2) is 13.3 Å². The summed E-state index contributed by atoms with van der Waals surface area (Å²) in [4.78, 5) is 0. The molecule has 0 saturated carbocycles. The molecule has 0 aromatic heterocycles. The molecule has 0 heterocycles. The molecule has 11 heavy (non-hydrogen) atoms. The van der Waals surface area contributed by atoms with E-state index in [1.165, 1.54) is 0 Å². The van der Waals surface area contributed by atoms with Crippen LogP contribution in [0.1, 0.15) is 13.3 Å². The van der Waals surface area contributed by atoms with E-state index in [0.29, 0.717) is 5.92 Å². The van der Waals surface area contributed by atoms with E-state index in [1.807, 2.05) is 25.5 Å². The van der Waals surface area contributed by atoms with Gasteiger partial charge in [-0.2, -0.15) is 0 Å². The maximum atomic E-state index is 11.7. The van der Waals surface area contributed by atoms with Crippen molar-refractivity contribution in [1.29, 1.82) is 0 Å². The molecule has 0 amide bonds. The van der Waals surface area contributed by atoms with Crippen LogP contribution in [0.5, 0.6) is 0 Å². The van der Waals surface area contributed by atoms with E-state index in [2.05, 4.69) is 13.0 Å². The molecule has 0 radical (unpaired) electrons. The number of hydrogen-bond donors (Lipinski definition) is 0. The van der Waals surface area contributed by atoms with E-state index >= 15 is 0 Å². The molecule has 0 fully saturated rings. The molecule has 1 nitrogen and oxygen atoms in total. The van der Waals surface area contributed by atoms with Gasteiger partial charge in [-0.3, -0.25) is 0 Å². The summed E-state index contributed by atoms with van der Waals surface area (Å²) < 4.78 is 11.7. The van der Waals surface area contributed by atoms with Crippen molar-refractivity contribution in [2.45, 2.75) is 13.3 Å². The van der Waals surface area contributed by atoms with E-state index < -0.39 is 7.14 Å². The Morgan fingerprint density at radius 2 is 2.18 bits per heavy atom. The molecule has 1 atom stereocenters.